The van der Waals surface area contributed by atoms with Gasteiger partial charge in [-0.15, -0.1) is 0 Å². The second kappa shape index (κ2) is 6.26. The lowest BCUT2D eigenvalue weighted by atomic mass is 10.1. The molecule has 0 spiro atoms. The van der Waals surface area contributed by atoms with E-state index in [4.69, 9.17) is 0 Å². The summed E-state index contributed by atoms with van der Waals surface area (Å²) in [5.74, 6) is -2.11. The van der Waals surface area contributed by atoms with E-state index in [1.807, 2.05) is 5.32 Å². The van der Waals surface area contributed by atoms with E-state index in [9.17, 15) is 24.3 Å². The molecule has 1 heterocycles. The standard InChI is InChI=1S/C14H14N4O5/c1-7(11(19)16-14(23)15-2)18-12(20)9-6-4-3-5-8(9)10(17-18)13(21)22/h3-7H,1-2H3,(H,21,22)(H2,15,16,19,23)/t7-/m1/s1. The third-order valence-corrected chi connectivity index (χ3v) is 3.24. The summed E-state index contributed by atoms with van der Waals surface area (Å²) in [5, 5.41) is 17.5. The number of urea groups is 1. The zero-order valence-corrected chi connectivity index (χ0v) is 12.4. The van der Waals surface area contributed by atoms with E-state index >= 15 is 0 Å². The molecule has 3 amide bonds. The number of aromatic nitrogens is 2. The summed E-state index contributed by atoms with van der Waals surface area (Å²) in [4.78, 5) is 46.9. The van der Waals surface area contributed by atoms with Gasteiger partial charge in [0.05, 0.1) is 5.39 Å². The number of carboxylic acid groups (broad SMARTS) is 1. The highest BCUT2D eigenvalue weighted by Gasteiger charge is 2.23. The largest absolute Gasteiger partial charge is 0.476 e. The van der Waals surface area contributed by atoms with Crippen LogP contribution in [-0.2, 0) is 4.79 Å². The Hall–Kier alpha value is -3.23. The maximum atomic E-state index is 12.4. The second-order valence-electron chi connectivity index (χ2n) is 4.69. The number of hydrogen-bond acceptors (Lipinski definition) is 5. The third-order valence-electron chi connectivity index (χ3n) is 3.24. The Labute approximate surface area is 129 Å². The van der Waals surface area contributed by atoms with Crippen LogP contribution in [0.15, 0.2) is 29.1 Å². The fraction of sp³-hybridized carbons (Fsp3) is 0.214. The molecule has 0 aliphatic carbocycles. The first-order valence-corrected chi connectivity index (χ1v) is 6.64. The number of nitrogens with zero attached hydrogens (tertiary/aromatic N) is 2. The summed E-state index contributed by atoms with van der Waals surface area (Å²) in [6, 6.07) is 4.17. The van der Waals surface area contributed by atoms with Crippen molar-refractivity contribution >= 4 is 28.7 Å². The smallest absolute Gasteiger partial charge is 0.357 e. The van der Waals surface area contributed by atoms with Gasteiger partial charge >= 0.3 is 12.0 Å². The number of nitrogens with one attached hydrogen (secondary N) is 2. The Kier molecular flexibility index (Phi) is 4.39. The average molecular weight is 318 g/mol. The van der Waals surface area contributed by atoms with Gasteiger partial charge in [0.15, 0.2) is 5.69 Å². The highest BCUT2D eigenvalue weighted by Crippen LogP contribution is 2.14. The summed E-state index contributed by atoms with van der Waals surface area (Å²) in [7, 11) is 1.33. The van der Waals surface area contributed by atoms with Crippen LogP contribution in [0.3, 0.4) is 0 Å². The Morgan fingerprint density at radius 3 is 2.39 bits per heavy atom. The Bertz CT molecular complexity index is 858. The van der Waals surface area contributed by atoms with Gasteiger partial charge in [0, 0.05) is 12.4 Å². The van der Waals surface area contributed by atoms with E-state index < -0.39 is 29.5 Å². The Morgan fingerprint density at radius 2 is 1.83 bits per heavy atom. The second-order valence-corrected chi connectivity index (χ2v) is 4.69. The summed E-state index contributed by atoms with van der Waals surface area (Å²) in [6.45, 7) is 1.34. The van der Waals surface area contributed by atoms with Crippen molar-refractivity contribution in [3.8, 4) is 0 Å². The van der Waals surface area contributed by atoms with Crippen LogP contribution in [0, 0.1) is 0 Å². The fourth-order valence-electron chi connectivity index (χ4n) is 2.02. The molecular weight excluding hydrogens is 304 g/mol. The van der Waals surface area contributed by atoms with Crippen LogP contribution >= 0.6 is 0 Å². The van der Waals surface area contributed by atoms with Crippen LogP contribution in [0.2, 0.25) is 0 Å². The summed E-state index contributed by atoms with van der Waals surface area (Å²) < 4.78 is 0.754. The van der Waals surface area contributed by atoms with Gasteiger partial charge in [-0.2, -0.15) is 5.10 Å². The minimum absolute atomic E-state index is 0.125. The van der Waals surface area contributed by atoms with Gasteiger partial charge in [0.1, 0.15) is 6.04 Å². The van der Waals surface area contributed by atoms with E-state index in [0.717, 1.165) is 4.68 Å². The van der Waals surface area contributed by atoms with Crippen LogP contribution in [0.5, 0.6) is 0 Å². The van der Waals surface area contributed by atoms with Crippen molar-refractivity contribution in [2.75, 3.05) is 7.05 Å². The van der Waals surface area contributed by atoms with E-state index in [1.54, 1.807) is 12.1 Å². The molecule has 0 aliphatic heterocycles. The molecule has 0 aliphatic rings. The molecule has 2 rings (SSSR count). The number of aromatic carboxylic acids is 1. The molecule has 1 aromatic heterocycles. The van der Waals surface area contributed by atoms with Crippen molar-refractivity contribution in [2.24, 2.45) is 0 Å². The molecule has 23 heavy (non-hydrogen) atoms. The first-order chi connectivity index (χ1) is 10.9. The molecule has 3 N–H and O–H groups in total. The van der Waals surface area contributed by atoms with Crippen molar-refractivity contribution in [2.45, 2.75) is 13.0 Å². The summed E-state index contributed by atoms with van der Waals surface area (Å²) in [5.41, 5.74) is -0.968. The molecule has 120 valence electrons. The van der Waals surface area contributed by atoms with Crippen molar-refractivity contribution in [1.29, 1.82) is 0 Å². The topological polar surface area (TPSA) is 130 Å². The monoisotopic (exact) mass is 318 g/mol. The Balaban J connectivity index is 2.59. The summed E-state index contributed by atoms with van der Waals surface area (Å²) in [6.07, 6.45) is 0. The van der Waals surface area contributed by atoms with Crippen LogP contribution in [0.25, 0.3) is 10.8 Å². The number of rotatable bonds is 3. The lowest BCUT2D eigenvalue weighted by Crippen LogP contribution is -2.43. The highest BCUT2D eigenvalue weighted by atomic mass is 16.4. The van der Waals surface area contributed by atoms with Crippen LogP contribution < -0.4 is 16.2 Å². The molecule has 0 bridgehead atoms. The van der Waals surface area contributed by atoms with Gasteiger partial charge in [0.2, 0.25) is 0 Å². The molecule has 0 fully saturated rings. The maximum absolute atomic E-state index is 12.4. The number of carbonyl (C=O) groups is 3. The molecule has 0 unspecified atom stereocenters. The predicted molar refractivity (Wildman–Crippen MR) is 80.3 cm³/mol. The van der Waals surface area contributed by atoms with Gasteiger partial charge in [-0.3, -0.25) is 14.9 Å². The van der Waals surface area contributed by atoms with Crippen molar-refractivity contribution < 1.29 is 19.5 Å². The van der Waals surface area contributed by atoms with Crippen molar-refractivity contribution in [3.05, 3.63) is 40.3 Å². The maximum Gasteiger partial charge on any atom is 0.357 e. The number of hydrogen-bond donors (Lipinski definition) is 3. The lowest BCUT2D eigenvalue weighted by molar-refractivity contribution is -0.123. The third kappa shape index (κ3) is 3.03. The molecule has 9 heteroatoms. The van der Waals surface area contributed by atoms with Crippen molar-refractivity contribution in [3.63, 3.8) is 0 Å². The first kappa shape index (κ1) is 16.1. The van der Waals surface area contributed by atoms with Crippen LogP contribution in [-0.4, -0.2) is 39.8 Å². The van der Waals surface area contributed by atoms with Crippen LogP contribution in [0.1, 0.15) is 23.5 Å². The number of benzene rings is 1. The minimum Gasteiger partial charge on any atom is -0.476 e. The normalized spacial score (nSPS) is 11.7. The quantitative estimate of drug-likeness (QED) is 0.736. The highest BCUT2D eigenvalue weighted by molar-refractivity contribution is 6.01. The number of carboxylic acids is 1. The van der Waals surface area contributed by atoms with Crippen LogP contribution in [0.4, 0.5) is 4.79 Å². The van der Waals surface area contributed by atoms with Gasteiger partial charge in [-0.25, -0.2) is 14.3 Å². The molecule has 9 nitrogen and oxygen atoms in total. The van der Waals surface area contributed by atoms with Gasteiger partial charge in [0.25, 0.3) is 11.5 Å². The number of amides is 3. The van der Waals surface area contributed by atoms with E-state index in [1.165, 1.54) is 26.1 Å². The first-order valence-electron chi connectivity index (χ1n) is 6.64. The molecular formula is C14H14N4O5. The molecule has 2 aromatic rings. The minimum atomic E-state index is -1.33. The molecule has 0 radical (unpaired) electrons. The van der Waals surface area contributed by atoms with Gasteiger partial charge < -0.3 is 10.4 Å². The zero-order chi connectivity index (χ0) is 17.1. The molecule has 1 atom stereocenters. The average Bonchev–Trinajstić information content (AvgIpc) is 2.54. The molecule has 0 saturated carbocycles. The van der Waals surface area contributed by atoms with Crippen molar-refractivity contribution in [1.82, 2.24) is 20.4 Å². The number of carbonyl (C=O) groups excluding carboxylic acids is 2. The van der Waals surface area contributed by atoms with E-state index in [0.29, 0.717) is 0 Å². The molecule has 1 aromatic carbocycles. The number of fused-ring (bicyclic) bond motifs is 1. The van der Waals surface area contributed by atoms with Gasteiger partial charge in [-0.05, 0) is 13.0 Å². The Morgan fingerprint density at radius 1 is 1.22 bits per heavy atom. The van der Waals surface area contributed by atoms with E-state index in [2.05, 4.69) is 10.4 Å². The number of imide groups is 1. The predicted octanol–water partition coefficient (Wildman–Crippen LogP) is 0.111. The summed E-state index contributed by atoms with van der Waals surface area (Å²) >= 11 is 0. The van der Waals surface area contributed by atoms with Gasteiger partial charge in [-0.1, -0.05) is 18.2 Å². The zero-order valence-electron chi connectivity index (χ0n) is 12.4. The SMILES string of the molecule is CNC(=O)NC(=O)[C@@H](C)n1nc(C(=O)O)c2ccccc2c1=O. The lowest BCUT2D eigenvalue weighted by Gasteiger charge is -2.15. The molecule has 0 saturated heterocycles. The fourth-order valence-corrected chi connectivity index (χ4v) is 2.02. The van der Waals surface area contributed by atoms with E-state index in [-0.39, 0.29) is 16.5 Å².